The molecule has 0 spiro atoms. The molecule has 24 heavy (non-hydrogen) atoms. The Morgan fingerprint density at radius 2 is 1.88 bits per heavy atom. The maximum atomic E-state index is 13.6. The van der Waals surface area contributed by atoms with Crippen molar-refractivity contribution >= 4 is 23.3 Å². The van der Waals surface area contributed by atoms with E-state index >= 15 is 0 Å². The molecule has 3 N–H and O–H groups in total. The summed E-state index contributed by atoms with van der Waals surface area (Å²) >= 11 is 0. The summed E-state index contributed by atoms with van der Waals surface area (Å²) in [5, 5.41) is 14.7. The molecule has 0 unspecified atom stereocenters. The van der Waals surface area contributed by atoms with Gasteiger partial charge in [0.05, 0.1) is 12.2 Å². The lowest BCUT2D eigenvalue weighted by Crippen LogP contribution is -2.30. The minimum absolute atomic E-state index is 0.0105. The Morgan fingerprint density at radius 1 is 1.17 bits per heavy atom. The molecular weight excluding hydrogens is 313 g/mol. The van der Waals surface area contributed by atoms with Gasteiger partial charge in [0.25, 0.3) is 0 Å². The van der Waals surface area contributed by atoms with Gasteiger partial charge in [-0.3, -0.25) is 4.79 Å². The zero-order valence-electron chi connectivity index (χ0n) is 13.3. The molecule has 0 bridgehead atoms. The fourth-order valence-corrected chi connectivity index (χ4v) is 2.08. The zero-order chi connectivity index (χ0) is 17.7. The van der Waals surface area contributed by atoms with Crippen molar-refractivity contribution in [3.63, 3.8) is 0 Å². The molecular formula is C17H18FN3O3. The third-order valence-electron chi connectivity index (χ3n) is 3.27. The number of hydrogen-bond acceptors (Lipinski definition) is 3. The van der Waals surface area contributed by atoms with Crippen LogP contribution in [0.15, 0.2) is 42.5 Å². The van der Waals surface area contributed by atoms with Crippen molar-refractivity contribution in [2.75, 3.05) is 17.7 Å². The number of amides is 3. The Labute approximate surface area is 138 Å². The van der Waals surface area contributed by atoms with Gasteiger partial charge in [-0.15, -0.1) is 0 Å². The highest BCUT2D eigenvalue weighted by Gasteiger charge is 2.13. The quantitative estimate of drug-likeness (QED) is 0.805. The van der Waals surface area contributed by atoms with E-state index in [0.29, 0.717) is 11.3 Å². The van der Waals surface area contributed by atoms with E-state index in [9.17, 15) is 19.1 Å². The van der Waals surface area contributed by atoms with Crippen LogP contribution in [0, 0.1) is 5.82 Å². The molecule has 2 rings (SSSR count). The summed E-state index contributed by atoms with van der Waals surface area (Å²) in [4.78, 5) is 24.6. The average molecular weight is 331 g/mol. The lowest BCUT2D eigenvalue weighted by Gasteiger charge is -2.19. The first-order valence-electron chi connectivity index (χ1n) is 7.23. The molecule has 0 aliphatic heterocycles. The predicted octanol–water partition coefficient (Wildman–Crippen LogP) is 3.15. The van der Waals surface area contributed by atoms with Gasteiger partial charge in [0.15, 0.2) is 0 Å². The number of rotatable bonds is 4. The molecule has 0 saturated carbocycles. The second-order valence-corrected chi connectivity index (χ2v) is 5.29. The number of halogens is 1. The van der Waals surface area contributed by atoms with E-state index in [0.717, 1.165) is 6.07 Å². The summed E-state index contributed by atoms with van der Waals surface area (Å²) in [6, 6.07) is 10.2. The van der Waals surface area contributed by atoms with E-state index in [2.05, 4.69) is 10.6 Å². The van der Waals surface area contributed by atoms with E-state index in [1.807, 2.05) is 0 Å². The van der Waals surface area contributed by atoms with Crippen molar-refractivity contribution in [2.45, 2.75) is 13.5 Å². The summed E-state index contributed by atoms with van der Waals surface area (Å²) in [5.41, 5.74) is 0.936. The summed E-state index contributed by atoms with van der Waals surface area (Å²) in [6.07, 6.45) is 0. The number of aromatic hydroxyl groups is 1. The van der Waals surface area contributed by atoms with Gasteiger partial charge in [0.1, 0.15) is 11.6 Å². The number of nitrogens with one attached hydrogen (secondary N) is 2. The van der Waals surface area contributed by atoms with Crippen LogP contribution < -0.4 is 10.6 Å². The fraction of sp³-hybridized carbons (Fsp3) is 0.176. The second kappa shape index (κ2) is 7.45. The smallest absolute Gasteiger partial charge is 0.321 e. The number of benzene rings is 2. The molecule has 3 amide bonds. The molecule has 0 fully saturated rings. The highest BCUT2D eigenvalue weighted by atomic mass is 19.1. The van der Waals surface area contributed by atoms with Crippen molar-refractivity contribution in [3.8, 4) is 5.75 Å². The molecule has 0 aliphatic carbocycles. The highest BCUT2D eigenvalue weighted by molar-refractivity contribution is 5.92. The summed E-state index contributed by atoms with van der Waals surface area (Å²) in [5.74, 6) is -0.897. The molecule has 0 atom stereocenters. The zero-order valence-corrected chi connectivity index (χ0v) is 13.3. The van der Waals surface area contributed by atoms with Gasteiger partial charge in [0.2, 0.25) is 5.91 Å². The molecule has 0 heterocycles. The van der Waals surface area contributed by atoms with Crippen molar-refractivity contribution in [2.24, 2.45) is 0 Å². The Hall–Kier alpha value is -3.09. The topological polar surface area (TPSA) is 81.7 Å². The first kappa shape index (κ1) is 17.3. The number of carbonyl (C=O) groups excluding carboxylic acids is 2. The number of phenolic OH excluding ortho intramolecular Hbond substituents is 1. The fourth-order valence-electron chi connectivity index (χ4n) is 2.08. The number of para-hydroxylation sites is 1. The van der Waals surface area contributed by atoms with Gasteiger partial charge in [0, 0.05) is 25.2 Å². The van der Waals surface area contributed by atoms with Crippen molar-refractivity contribution in [3.05, 3.63) is 53.8 Å². The van der Waals surface area contributed by atoms with Crippen LogP contribution in [-0.2, 0) is 11.3 Å². The lowest BCUT2D eigenvalue weighted by atomic mass is 10.2. The standard InChI is InChI=1S/C17H18FN3O3/c1-11(22)19-15-9-13(7-8-14(15)18)20-17(24)21(2)10-12-5-3-4-6-16(12)23/h3-9,23H,10H2,1-2H3,(H,19,22)(H,20,24). The van der Waals surface area contributed by atoms with Crippen molar-refractivity contribution in [1.29, 1.82) is 0 Å². The van der Waals surface area contributed by atoms with Crippen LogP contribution in [0.4, 0.5) is 20.6 Å². The molecule has 0 aromatic heterocycles. The molecule has 0 radical (unpaired) electrons. The van der Waals surface area contributed by atoms with Gasteiger partial charge in [-0.25, -0.2) is 9.18 Å². The van der Waals surface area contributed by atoms with Crippen LogP contribution in [0.5, 0.6) is 5.75 Å². The first-order valence-corrected chi connectivity index (χ1v) is 7.23. The summed E-state index contributed by atoms with van der Waals surface area (Å²) < 4.78 is 13.6. The van der Waals surface area contributed by atoms with Gasteiger partial charge in [-0.1, -0.05) is 18.2 Å². The predicted molar refractivity (Wildman–Crippen MR) is 89.3 cm³/mol. The number of phenols is 1. The van der Waals surface area contributed by atoms with Crippen molar-refractivity contribution in [1.82, 2.24) is 4.90 Å². The maximum absolute atomic E-state index is 13.6. The molecule has 6 nitrogen and oxygen atoms in total. The minimum atomic E-state index is -0.592. The third kappa shape index (κ3) is 4.45. The summed E-state index contributed by atoms with van der Waals surface area (Å²) in [6.45, 7) is 1.48. The molecule has 7 heteroatoms. The van der Waals surface area contributed by atoms with Gasteiger partial charge < -0.3 is 20.6 Å². The molecule has 2 aromatic carbocycles. The first-order chi connectivity index (χ1) is 11.4. The van der Waals surface area contributed by atoms with E-state index in [4.69, 9.17) is 0 Å². The molecule has 0 saturated heterocycles. The highest BCUT2D eigenvalue weighted by Crippen LogP contribution is 2.21. The SMILES string of the molecule is CC(=O)Nc1cc(NC(=O)N(C)Cc2ccccc2O)ccc1F. The maximum Gasteiger partial charge on any atom is 0.321 e. The van der Waals surface area contributed by atoms with Crippen molar-refractivity contribution < 1.29 is 19.1 Å². The van der Waals surface area contributed by atoms with E-state index in [-0.39, 0.29) is 18.0 Å². The van der Waals surface area contributed by atoms with E-state index in [1.165, 1.54) is 24.0 Å². The van der Waals surface area contributed by atoms with E-state index in [1.54, 1.807) is 31.3 Å². The molecule has 126 valence electrons. The third-order valence-corrected chi connectivity index (χ3v) is 3.27. The van der Waals surface area contributed by atoms with Crippen LogP contribution in [0.3, 0.4) is 0 Å². The van der Waals surface area contributed by atoms with Gasteiger partial charge in [-0.2, -0.15) is 0 Å². The second-order valence-electron chi connectivity index (χ2n) is 5.29. The normalized spacial score (nSPS) is 10.1. The lowest BCUT2D eigenvalue weighted by molar-refractivity contribution is -0.114. The molecule has 0 aliphatic rings. The number of carbonyl (C=O) groups is 2. The number of urea groups is 1. The van der Waals surface area contributed by atoms with Crippen LogP contribution in [0.25, 0.3) is 0 Å². The Morgan fingerprint density at radius 3 is 2.54 bits per heavy atom. The summed E-state index contributed by atoms with van der Waals surface area (Å²) in [7, 11) is 1.57. The number of anilines is 2. The minimum Gasteiger partial charge on any atom is -0.508 e. The average Bonchev–Trinajstić information content (AvgIpc) is 2.52. The largest absolute Gasteiger partial charge is 0.508 e. The number of nitrogens with zero attached hydrogens (tertiary/aromatic N) is 1. The Kier molecular flexibility index (Phi) is 5.36. The van der Waals surface area contributed by atoms with Crippen LogP contribution in [0.1, 0.15) is 12.5 Å². The van der Waals surface area contributed by atoms with Gasteiger partial charge >= 0.3 is 6.03 Å². The van der Waals surface area contributed by atoms with E-state index < -0.39 is 17.8 Å². The van der Waals surface area contributed by atoms with Crippen LogP contribution in [-0.4, -0.2) is 29.0 Å². The Bertz CT molecular complexity index is 764. The number of hydrogen-bond donors (Lipinski definition) is 3. The van der Waals surface area contributed by atoms with Crippen LogP contribution >= 0.6 is 0 Å². The Balaban J connectivity index is 2.06. The monoisotopic (exact) mass is 331 g/mol. The van der Waals surface area contributed by atoms with Crippen LogP contribution in [0.2, 0.25) is 0 Å². The molecule has 2 aromatic rings. The van der Waals surface area contributed by atoms with Gasteiger partial charge in [-0.05, 0) is 24.3 Å².